The fourth-order valence-corrected chi connectivity index (χ4v) is 5.64. The number of Topliss-reactive ketones (excluding diaryl/α,β-unsaturated/α-hetero) is 1. The third kappa shape index (κ3) is 3.75. The van der Waals surface area contributed by atoms with E-state index in [1.165, 1.54) is 5.57 Å². The molecular formula is C27H36N2O2. The summed E-state index contributed by atoms with van der Waals surface area (Å²) >= 11 is 0. The fourth-order valence-electron chi connectivity index (χ4n) is 5.64. The van der Waals surface area contributed by atoms with Gasteiger partial charge in [0.15, 0.2) is 5.78 Å². The molecule has 1 aliphatic heterocycles. The van der Waals surface area contributed by atoms with Crippen molar-refractivity contribution in [1.29, 1.82) is 0 Å². The van der Waals surface area contributed by atoms with Crippen LogP contribution >= 0.6 is 0 Å². The average Bonchev–Trinajstić information content (AvgIpc) is 2.86. The van der Waals surface area contributed by atoms with E-state index in [-0.39, 0.29) is 28.6 Å². The van der Waals surface area contributed by atoms with Crippen LogP contribution in [-0.4, -0.2) is 17.7 Å². The molecule has 4 nitrogen and oxygen atoms in total. The van der Waals surface area contributed by atoms with Gasteiger partial charge in [0.2, 0.25) is 5.91 Å². The molecular weight excluding hydrogens is 384 g/mol. The predicted molar refractivity (Wildman–Crippen MR) is 127 cm³/mol. The number of nitrogens with zero attached hydrogens (tertiary/aromatic N) is 1. The van der Waals surface area contributed by atoms with E-state index in [2.05, 4.69) is 46.0 Å². The minimum Gasteiger partial charge on any atom is -0.357 e. The van der Waals surface area contributed by atoms with Gasteiger partial charge in [-0.25, -0.2) is 0 Å². The Morgan fingerprint density at radius 3 is 2.52 bits per heavy atom. The number of para-hydroxylation sites is 2. The molecule has 166 valence electrons. The van der Waals surface area contributed by atoms with Crippen molar-refractivity contribution >= 4 is 23.1 Å². The Balaban J connectivity index is 1.87. The van der Waals surface area contributed by atoms with Crippen LogP contribution < -0.4 is 10.2 Å². The SMILES string of the molecule is CCC(=O)N1c2ccccc2NC2=C(C(=O)CC(C)(C)C2)[C@H]1C[C@H]1CC=C(C)C1(C)C. The zero-order valence-electron chi connectivity index (χ0n) is 19.8. The van der Waals surface area contributed by atoms with Crippen LogP contribution in [0.5, 0.6) is 0 Å². The number of fused-ring (bicyclic) bond motifs is 1. The molecule has 0 bridgehead atoms. The topological polar surface area (TPSA) is 49.4 Å². The second-order valence-electron chi connectivity index (χ2n) is 10.9. The average molecular weight is 421 g/mol. The van der Waals surface area contributed by atoms with Crippen molar-refractivity contribution in [3.05, 3.63) is 47.2 Å². The molecule has 0 fully saturated rings. The van der Waals surface area contributed by atoms with E-state index >= 15 is 0 Å². The van der Waals surface area contributed by atoms with E-state index in [1.54, 1.807) is 0 Å². The number of carbonyl (C=O) groups is 2. The van der Waals surface area contributed by atoms with Gasteiger partial charge in [-0.3, -0.25) is 9.59 Å². The number of hydrogen-bond acceptors (Lipinski definition) is 3. The van der Waals surface area contributed by atoms with E-state index in [0.29, 0.717) is 18.8 Å². The van der Waals surface area contributed by atoms with Gasteiger partial charge in [-0.15, -0.1) is 0 Å². The second-order valence-corrected chi connectivity index (χ2v) is 10.9. The lowest BCUT2D eigenvalue weighted by molar-refractivity contribution is -0.119. The lowest BCUT2D eigenvalue weighted by Gasteiger charge is -2.40. The molecule has 1 heterocycles. The highest BCUT2D eigenvalue weighted by Crippen LogP contribution is 2.50. The standard InChI is InChI=1S/C27H36N2O2/c1-7-24(31)29-21-11-9-8-10-19(21)28-20-15-26(3,4)16-23(30)25(20)22(29)14-18-13-12-17(2)27(18,5)6/h8-12,18,22,28H,7,13-16H2,1-6H3/t18-,22-/m1/s1. The van der Waals surface area contributed by atoms with Gasteiger partial charge in [0, 0.05) is 24.1 Å². The van der Waals surface area contributed by atoms with Crippen LogP contribution in [0.1, 0.15) is 73.6 Å². The summed E-state index contributed by atoms with van der Waals surface area (Å²) in [6.07, 6.45) is 5.89. The van der Waals surface area contributed by atoms with Gasteiger partial charge in [-0.2, -0.15) is 0 Å². The van der Waals surface area contributed by atoms with E-state index in [4.69, 9.17) is 0 Å². The lowest BCUT2D eigenvalue weighted by atomic mass is 9.70. The molecule has 0 saturated carbocycles. The molecule has 4 heteroatoms. The van der Waals surface area contributed by atoms with Crippen LogP contribution in [0.3, 0.4) is 0 Å². The summed E-state index contributed by atoms with van der Waals surface area (Å²) in [4.78, 5) is 28.9. The summed E-state index contributed by atoms with van der Waals surface area (Å²) in [7, 11) is 0. The molecule has 1 aromatic rings. The zero-order chi connectivity index (χ0) is 22.6. The van der Waals surface area contributed by atoms with Crippen molar-refractivity contribution in [3.8, 4) is 0 Å². The molecule has 1 amide bonds. The van der Waals surface area contributed by atoms with Crippen molar-refractivity contribution in [2.75, 3.05) is 10.2 Å². The van der Waals surface area contributed by atoms with Crippen molar-refractivity contribution in [3.63, 3.8) is 0 Å². The summed E-state index contributed by atoms with van der Waals surface area (Å²) in [6, 6.07) is 7.78. The Bertz CT molecular complexity index is 983. The highest BCUT2D eigenvalue weighted by Gasteiger charge is 2.45. The van der Waals surface area contributed by atoms with Crippen LogP contribution in [0.25, 0.3) is 0 Å². The third-order valence-electron chi connectivity index (χ3n) is 7.84. The van der Waals surface area contributed by atoms with Crippen molar-refractivity contribution in [2.45, 2.75) is 79.7 Å². The molecule has 2 atom stereocenters. The number of ketones is 1. The molecule has 0 saturated heterocycles. The Hall–Kier alpha value is -2.36. The number of rotatable bonds is 3. The third-order valence-corrected chi connectivity index (χ3v) is 7.84. The Morgan fingerprint density at radius 2 is 1.87 bits per heavy atom. The highest BCUT2D eigenvalue weighted by molar-refractivity contribution is 6.06. The summed E-state index contributed by atoms with van der Waals surface area (Å²) in [5.74, 6) is 0.656. The number of nitrogens with one attached hydrogen (secondary N) is 1. The van der Waals surface area contributed by atoms with Gasteiger partial charge in [0.25, 0.3) is 0 Å². The van der Waals surface area contributed by atoms with Crippen LogP contribution in [0, 0.1) is 16.7 Å². The quantitative estimate of drug-likeness (QED) is 0.588. The van der Waals surface area contributed by atoms with Gasteiger partial charge >= 0.3 is 0 Å². The molecule has 0 aromatic heterocycles. The van der Waals surface area contributed by atoms with Crippen LogP contribution in [0.15, 0.2) is 47.2 Å². The number of hydrogen-bond donors (Lipinski definition) is 1. The molecule has 4 rings (SSSR count). The molecule has 2 aliphatic carbocycles. The molecule has 0 unspecified atom stereocenters. The summed E-state index contributed by atoms with van der Waals surface area (Å²) in [6.45, 7) is 13.0. The van der Waals surface area contributed by atoms with Crippen molar-refractivity contribution in [1.82, 2.24) is 0 Å². The van der Waals surface area contributed by atoms with Gasteiger partial charge in [-0.05, 0) is 55.1 Å². The molecule has 1 N–H and O–H groups in total. The normalized spacial score (nSPS) is 26.6. The Labute approximate surface area is 186 Å². The van der Waals surface area contributed by atoms with Crippen molar-refractivity contribution < 1.29 is 9.59 Å². The largest absolute Gasteiger partial charge is 0.357 e. The zero-order valence-corrected chi connectivity index (χ0v) is 19.8. The number of anilines is 2. The first kappa shape index (κ1) is 21.9. The van der Waals surface area contributed by atoms with Gasteiger partial charge in [0.05, 0.1) is 17.4 Å². The van der Waals surface area contributed by atoms with Crippen molar-refractivity contribution in [2.24, 2.45) is 16.7 Å². The van der Waals surface area contributed by atoms with E-state index < -0.39 is 0 Å². The van der Waals surface area contributed by atoms with E-state index in [0.717, 1.165) is 41.9 Å². The number of allylic oxidation sites excluding steroid dienone is 3. The molecule has 1 aromatic carbocycles. The summed E-state index contributed by atoms with van der Waals surface area (Å²) in [5.41, 5.74) is 5.03. The number of carbonyl (C=O) groups excluding carboxylic acids is 2. The number of benzene rings is 1. The fraction of sp³-hybridized carbons (Fsp3) is 0.556. The second kappa shape index (κ2) is 7.65. The minimum atomic E-state index is -0.231. The van der Waals surface area contributed by atoms with Gasteiger partial charge < -0.3 is 10.2 Å². The van der Waals surface area contributed by atoms with Crippen LogP contribution in [0.4, 0.5) is 11.4 Å². The van der Waals surface area contributed by atoms with Gasteiger partial charge in [-0.1, -0.05) is 58.4 Å². The first-order valence-corrected chi connectivity index (χ1v) is 11.7. The predicted octanol–water partition coefficient (Wildman–Crippen LogP) is 6.25. The first-order valence-electron chi connectivity index (χ1n) is 11.7. The van der Waals surface area contributed by atoms with Crippen LogP contribution in [-0.2, 0) is 9.59 Å². The number of amides is 1. The lowest BCUT2D eigenvalue weighted by Crippen LogP contribution is -2.46. The van der Waals surface area contributed by atoms with Gasteiger partial charge in [0.1, 0.15) is 0 Å². The monoisotopic (exact) mass is 420 g/mol. The molecule has 0 spiro atoms. The maximum Gasteiger partial charge on any atom is 0.227 e. The first-order chi connectivity index (χ1) is 14.5. The smallest absolute Gasteiger partial charge is 0.227 e. The maximum absolute atomic E-state index is 13.6. The van der Waals surface area contributed by atoms with E-state index in [9.17, 15) is 9.59 Å². The maximum atomic E-state index is 13.6. The molecule has 0 radical (unpaired) electrons. The minimum absolute atomic E-state index is 0.0674. The Morgan fingerprint density at radius 1 is 1.16 bits per heavy atom. The summed E-state index contributed by atoms with van der Waals surface area (Å²) < 4.78 is 0. The highest BCUT2D eigenvalue weighted by atomic mass is 16.2. The van der Waals surface area contributed by atoms with E-state index in [1.807, 2.05) is 36.1 Å². The van der Waals surface area contributed by atoms with Crippen LogP contribution in [0.2, 0.25) is 0 Å². The Kier molecular flexibility index (Phi) is 5.39. The molecule has 3 aliphatic rings. The summed E-state index contributed by atoms with van der Waals surface area (Å²) in [5, 5.41) is 3.59. The molecule has 31 heavy (non-hydrogen) atoms.